The number of nitrogens with zero attached hydrogens (tertiary/aromatic N) is 2. The average Bonchev–Trinajstić information content (AvgIpc) is 2.66. The third-order valence-corrected chi connectivity index (χ3v) is 2.47. The fourth-order valence-electron chi connectivity index (χ4n) is 1.68. The fraction of sp³-hybridized carbons (Fsp3) is 0.750. The maximum atomic E-state index is 5.29. The summed E-state index contributed by atoms with van der Waals surface area (Å²) in [6.07, 6.45) is 2.03. The van der Waals surface area contributed by atoms with Crippen LogP contribution in [0.5, 0.6) is 0 Å². The van der Waals surface area contributed by atoms with Crippen LogP contribution in [0.25, 0.3) is 0 Å². The van der Waals surface area contributed by atoms with Crippen molar-refractivity contribution in [1.82, 2.24) is 9.55 Å². The van der Waals surface area contributed by atoms with Gasteiger partial charge in [0.05, 0.1) is 24.9 Å². The van der Waals surface area contributed by atoms with E-state index in [1.165, 1.54) is 0 Å². The molecule has 0 saturated carbocycles. The predicted octanol–water partition coefficient (Wildman–Crippen LogP) is 1.85. The molecule has 0 saturated heterocycles. The lowest BCUT2D eigenvalue weighted by atomic mass is 10.3. The molecule has 5 heteroatoms. The lowest BCUT2D eigenvalue weighted by molar-refractivity contribution is 0.156. The first-order valence-electron chi connectivity index (χ1n) is 6.05. The SMILES string of the molecule is CCOCCNc1nc(C)cn1C(C)COC. The molecule has 17 heavy (non-hydrogen) atoms. The van der Waals surface area contributed by atoms with Gasteiger partial charge in [-0.1, -0.05) is 0 Å². The van der Waals surface area contributed by atoms with E-state index < -0.39 is 0 Å². The van der Waals surface area contributed by atoms with Crippen molar-refractivity contribution in [2.24, 2.45) is 0 Å². The van der Waals surface area contributed by atoms with Crippen LogP contribution in [-0.2, 0) is 9.47 Å². The Morgan fingerprint density at radius 2 is 2.29 bits per heavy atom. The van der Waals surface area contributed by atoms with Gasteiger partial charge in [-0.3, -0.25) is 0 Å². The van der Waals surface area contributed by atoms with E-state index in [-0.39, 0.29) is 6.04 Å². The molecular weight excluding hydrogens is 218 g/mol. The molecule has 0 aliphatic rings. The summed E-state index contributed by atoms with van der Waals surface area (Å²) in [5.41, 5.74) is 1.01. The third-order valence-electron chi connectivity index (χ3n) is 2.47. The zero-order valence-electron chi connectivity index (χ0n) is 11.2. The molecule has 1 rings (SSSR count). The number of hydrogen-bond donors (Lipinski definition) is 1. The van der Waals surface area contributed by atoms with Crippen molar-refractivity contribution < 1.29 is 9.47 Å². The van der Waals surface area contributed by atoms with Crippen molar-refractivity contribution >= 4 is 5.95 Å². The Labute approximate surface area is 103 Å². The summed E-state index contributed by atoms with van der Waals surface area (Å²) in [4.78, 5) is 4.45. The summed E-state index contributed by atoms with van der Waals surface area (Å²) < 4.78 is 12.6. The monoisotopic (exact) mass is 241 g/mol. The number of ether oxygens (including phenoxy) is 2. The molecule has 0 radical (unpaired) electrons. The standard InChI is InChI=1S/C12H23N3O2/c1-5-17-7-6-13-12-14-10(2)8-15(12)11(3)9-16-4/h8,11H,5-7,9H2,1-4H3,(H,13,14). The average molecular weight is 241 g/mol. The molecule has 1 unspecified atom stereocenters. The molecule has 0 aliphatic heterocycles. The topological polar surface area (TPSA) is 48.3 Å². The van der Waals surface area contributed by atoms with Crippen LogP contribution in [0.4, 0.5) is 5.95 Å². The summed E-state index contributed by atoms with van der Waals surface area (Å²) in [6, 6.07) is 0.274. The molecule has 1 aromatic heterocycles. The first-order chi connectivity index (χ1) is 8.19. The van der Waals surface area contributed by atoms with E-state index in [1.807, 2.05) is 20.0 Å². The van der Waals surface area contributed by atoms with Gasteiger partial charge < -0.3 is 19.4 Å². The third kappa shape index (κ3) is 4.36. The molecule has 1 atom stereocenters. The summed E-state index contributed by atoms with van der Waals surface area (Å²) in [5, 5.41) is 3.28. The van der Waals surface area contributed by atoms with Crippen LogP contribution < -0.4 is 5.32 Å². The second-order valence-electron chi connectivity index (χ2n) is 4.04. The largest absolute Gasteiger partial charge is 0.383 e. The van der Waals surface area contributed by atoms with Crippen molar-refractivity contribution in [3.63, 3.8) is 0 Å². The van der Waals surface area contributed by atoms with Crippen molar-refractivity contribution in [3.8, 4) is 0 Å². The molecule has 0 amide bonds. The molecule has 1 aromatic rings. The van der Waals surface area contributed by atoms with E-state index in [0.29, 0.717) is 13.2 Å². The highest BCUT2D eigenvalue weighted by Crippen LogP contribution is 2.15. The number of methoxy groups -OCH3 is 1. The highest BCUT2D eigenvalue weighted by molar-refractivity contribution is 5.29. The van der Waals surface area contributed by atoms with E-state index in [2.05, 4.69) is 21.8 Å². The van der Waals surface area contributed by atoms with Gasteiger partial charge in [0, 0.05) is 26.5 Å². The fourth-order valence-corrected chi connectivity index (χ4v) is 1.68. The highest BCUT2D eigenvalue weighted by Gasteiger charge is 2.11. The Balaban J connectivity index is 2.57. The molecule has 5 nitrogen and oxygen atoms in total. The van der Waals surface area contributed by atoms with E-state index in [9.17, 15) is 0 Å². The van der Waals surface area contributed by atoms with Gasteiger partial charge in [0.25, 0.3) is 0 Å². The number of nitrogens with one attached hydrogen (secondary N) is 1. The lowest BCUT2D eigenvalue weighted by Crippen LogP contribution is -2.17. The minimum absolute atomic E-state index is 0.274. The molecule has 0 spiro atoms. The zero-order chi connectivity index (χ0) is 12.7. The molecule has 0 fully saturated rings. The first-order valence-corrected chi connectivity index (χ1v) is 6.05. The predicted molar refractivity (Wildman–Crippen MR) is 68.5 cm³/mol. The van der Waals surface area contributed by atoms with E-state index in [0.717, 1.165) is 24.8 Å². The van der Waals surface area contributed by atoms with Crippen molar-refractivity contribution in [3.05, 3.63) is 11.9 Å². The Kier molecular flexibility index (Phi) is 6.00. The number of rotatable bonds is 8. The Morgan fingerprint density at radius 3 is 2.94 bits per heavy atom. The van der Waals surface area contributed by atoms with Gasteiger partial charge in [0.1, 0.15) is 0 Å². The van der Waals surface area contributed by atoms with Crippen LogP contribution in [0.1, 0.15) is 25.6 Å². The molecule has 0 bridgehead atoms. The number of hydrogen-bond acceptors (Lipinski definition) is 4. The Bertz CT molecular complexity index is 326. The molecule has 1 heterocycles. The second kappa shape index (κ2) is 7.29. The lowest BCUT2D eigenvalue weighted by Gasteiger charge is -2.16. The smallest absolute Gasteiger partial charge is 0.203 e. The van der Waals surface area contributed by atoms with Gasteiger partial charge in [-0.05, 0) is 20.8 Å². The molecular formula is C12H23N3O2. The number of aryl methyl sites for hydroxylation is 1. The highest BCUT2D eigenvalue weighted by atomic mass is 16.5. The minimum Gasteiger partial charge on any atom is -0.383 e. The summed E-state index contributed by atoms with van der Waals surface area (Å²) in [5.74, 6) is 0.881. The van der Waals surface area contributed by atoms with Crippen LogP contribution in [0.2, 0.25) is 0 Å². The zero-order valence-corrected chi connectivity index (χ0v) is 11.2. The van der Waals surface area contributed by atoms with Crippen LogP contribution in [0.3, 0.4) is 0 Å². The summed E-state index contributed by atoms with van der Waals surface area (Å²) in [6.45, 7) is 8.98. The molecule has 98 valence electrons. The van der Waals surface area contributed by atoms with Gasteiger partial charge in [0.15, 0.2) is 0 Å². The van der Waals surface area contributed by atoms with E-state index >= 15 is 0 Å². The van der Waals surface area contributed by atoms with Gasteiger partial charge in [0.2, 0.25) is 5.95 Å². The van der Waals surface area contributed by atoms with Crippen molar-refractivity contribution in [2.75, 3.05) is 38.8 Å². The first kappa shape index (κ1) is 14.0. The molecule has 1 N–H and O–H groups in total. The minimum atomic E-state index is 0.274. The van der Waals surface area contributed by atoms with Crippen molar-refractivity contribution in [2.45, 2.75) is 26.8 Å². The Hall–Kier alpha value is -1.07. The maximum absolute atomic E-state index is 5.29. The number of anilines is 1. The Morgan fingerprint density at radius 1 is 1.53 bits per heavy atom. The summed E-state index contributed by atoms with van der Waals surface area (Å²) in [7, 11) is 1.71. The quantitative estimate of drug-likeness (QED) is 0.706. The van der Waals surface area contributed by atoms with Crippen LogP contribution in [0, 0.1) is 6.92 Å². The van der Waals surface area contributed by atoms with Gasteiger partial charge >= 0.3 is 0 Å². The van der Waals surface area contributed by atoms with E-state index in [1.54, 1.807) is 7.11 Å². The molecule has 0 aromatic carbocycles. The van der Waals surface area contributed by atoms with Gasteiger partial charge in [-0.15, -0.1) is 0 Å². The van der Waals surface area contributed by atoms with E-state index in [4.69, 9.17) is 9.47 Å². The van der Waals surface area contributed by atoms with Crippen LogP contribution >= 0.6 is 0 Å². The van der Waals surface area contributed by atoms with Gasteiger partial charge in [-0.2, -0.15) is 0 Å². The maximum Gasteiger partial charge on any atom is 0.203 e. The van der Waals surface area contributed by atoms with Crippen LogP contribution in [-0.4, -0.2) is 43.0 Å². The summed E-state index contributed by atoms with van der Waals surface area (Å²) >= 11 is 0. The number of aromatic nitrogens is 2. The van der Waals surface area contributed by atoms with Crippen LogP contribution in [0.15, 0.2) is 6.20 Å². The van der Waals surface area contributed by atoms with Crippen molar-refractivity contribution in [1.29, 1.82) is 0 Å². The normalized spacial score (nSPS) is 12.7. The molecule has 0 aliphatic carbocycles. The second-order valence-corrected chi connectivity index (χ2v) is 4.04. The number of imidazole rings is 1. The van der Waals surface area contributed by atoms with Gasteiger partial charge in [-0.25, -0.2) is 4.98 Å².